The molecular formula is C12H13FO. The fraction of sp³-hybridized carbons (Fsp3) is 0.417. The maximum absolute atomic E-state index is 13.4. The number of Topliss-reactive ketones (excluding diaryl/α,β-unsaturated/α-hetero) is 1. The van der Waals surface area contributed by atoms with Gasteiger partial charge in [0.25, 0.3) is 0 Å². The van der Waals surface area contributed by atoms with Crippen LogP contribution in [0.25, 0.3) is 0 Å². The van der Waals surface area contributed by atoms with Gasteiger partial charge in [-0.25, -0.2) is 4.39 Å². The number of hydrogen-bond donors (Lipinski definition) is 0. The van der Waals surface area contributed by atoms with Crippen LogP contribution in [0.4, 0.5) is 4.39 Å². The Hall–Kier alpha value is -1.18. The number of fused-ring (bicyclic) bond motifs is 1. The van der Waals surface area contributed by atoms with Crippen molar-refractivity contribution in [3.8, 4) is 0 Å². The average Bonchev–Trinajstić information content (AvgIpc) is 2.13. The predicted octanol–water partition coefficient (Wildman–Crippen LogP) is 2.62. The molecule has 1 aliphatic carbocycles. The average molecular weight is 192 g/mol. The van der Waals surface area contributed by atoms with E-state index in [9.17, 15) is 9.18 Å². The summed E-state index contributed by atoms with van der Waals surface area (Å²) in [5.41, 5.74) is 1.06. The van der Waals surface area contributed by atoms with Gasteiger partial charge < -0.3 is 0 Å². The van der Waals surface area contributed by atoms with E-state index in [1.54, 1.807) is 6.07 Å². The van der Waals surface area contributed by atoms with E-state index in [2.05, 4.69) is 0 Å². The lowest BCUT2D eigenvalue weighted by Gasteiger charge is -2.31. The van der Waals surface area contributed by atoms with E-state index in [0.717, 1.165) is 11.1 Å². The van der Waals surface area contributed by atoms with Gasteiger partial charge in [0.1, 0.15) is 11.6 Å². The summed E-state index contributed by atoms with van der Waals surface area (Å²) in [7, 11) is 0. The highest BCUT2D eigenvalue weighted by atomic mass is 19.1. The van der Waals surface area contributed by atoms with Crippen molar-refractivity contribution in [1.29, 1.82) is 0 Å². The SMILES string of the molecule is CC1(C)C(=O)CCc2c(F)cccc21. The van der Waals surface area contributed by atoms with E-state index in [1.165, 1.54) is 6.07 Å². The summed E-state index contributed by atoms with van der Waals surface area (Å²) in [6.45, 7) is 3.74. The molecule has 0 bridgehead atoms. The molecule has 2 rings (SSSR count). The second-order valence-electron chi connectivity index (χ2n) is 4.31. The molecule has 2 heteroatoms. The van der Waals surface area contributed by atoms with Gasteiger partial charge in [-0.05, 0) is 37.5 Å². The Balaban J connectivity index is 2.64. The number of rotatable bonds is 0. The second-order valence-corrected chi connectivity index (χ2v) is 4.31. The lowest BCUT2D eigenvalue weighted by molar-refractivity contribution is -0.124. The van der Waals surface area contributed by atoms with Crippen LogP contribution in [0.1, 0.15) is 31.4 Å². The molecule has 0 unspecified atom stereocenters. The summed E-state index contributed by atoms with van der Waals surface area (Å²) in [5.74, 6) is 0.0266. The molecule has 1 nitrogen and oxygen atoms in total. The highest BCUT2D eigenvalue weighted by Gasteiger charge is 2.35. The molecule has 0 saturated carbocycles. The van der Waals surface area contributed by atoms with Gasteiger partial charge in [0.05, 0.1) is 0 Å². The van der Waals surface area contributed by atoms with E-state index < -0.39 is 5.41 Å². The summed E-state index contributed by atoms with van der Waals surface area (Å²) in [5, 5.41) is 0. The molecule has 0 aromatic heterocycles. The summed E-state index contributed by atoms with van der Waals surface area (Å²) in [6.07, 6.45) is 1.01. The zero-order valence-corrected chi connectivity index (χ0v) is 8.43. The fourth-order valence-electron chi connectivity index (χ4n) is 2.10. The monoisotopic (exact) mass is 192 g/mol. The maximum Gasteiger partial charge on any atom is 0.143 e. The molecule has 1 aromatic rings. The Morgan fingerprint density at radius 1 is 1.29 bits per heavy atom. The first-order valence-corrected chi connectivity index (χ1v) is 4.84. The Morgan fingerprint density at radius 3 is 2.71 bits per heavy atom. The zero-order valence-electron chi connectivity index (χ0n) is 8.43. The molecule has 0 aliphatic heterocycles. The second kappa shape index (κ2) is 2.91. The van der Waals surface area contributed by atoms with Crippen LogP contribution in [0.3, 0.4) is 0 Å². The van der Waals surface area contributed by atoms with Crippen molar-refractivity contribution in [2.45, 2.75) is 32.1 Å². The smallest absolute Gasteiger partial charge is 0.143 e. The zero-order chi connectivity index (χ0) is 10.3. The van der Waals surface area contributed by atoms with Gasteiger partial charge in [-0.1, -0.05) is 12.1 Å². The largest absolute Gasteiger partial charge is 0.299 e. The summed E-state index contributed by atoms with van der Waals surface area (Å²) >= 11 is 0. The van der Waals surface area contributed by atoms with Crippen LogP contribution < -0.4 is 0 Å². The number of halogens is 1. The number of hydrogen-bond acceptors (Lipinski definition) is 1. The molecule has 0 heterocycles. The topological polar surface area (TPSA) is 17.1 Å². The number of carbonyl (C=O) groups is 1. The Kier molecular flexibility index (Phi) is 1.95. The van der Waals surface area contributed by atoms with Gasteiger partial charge in [0.15, 0.2) is 0 Å². The maximum atomic E-state index is 13.4. The van der Waals surface area contributed by atoms with Crippen LogP contribution in [0, 0.1) is 5.82 Å². The lowest BCUT2D eigenvalue weighted by Crippen LogP contribution is -2.34. The predicted molar refractivity (Wildman–Crippen MR) is 52.8 cm³/mol. The third-order valence-electron chi connectivity index (χ3n) is 3.09. The van der Waals surface area contributed by atoms with Crippen molar-refractivity contribution >= 4 is 5.78 Å². The normalized spacial score (nSPS) is 19.2. The first kappa shape index (κ1) is 9.38. The van der Waals surface area contributed by atoms with Crippen molar-refractivity contribution in [3.05, 3.63) is 35.1 Å². The van der Waals surface area contributed by atoms with Crippen LogP contribution in [0.5, 0.6) is 0 Å². The van der Waals surface area contributed by atoms with Crippen molar-refractivity contribution in [2.75, 3.05) is 0 Å². The Labute approximate surface area is 82.9 Å². The molecule has 0 fully saturated rings. The quantitative estimate of drug-likeness (QED) is 0.617. The van der Waals surface area contributed by atoms with Crippen molar-refractivity contribution < 1.29 is 9.18 Å². The van der Waals surface area contributed by atoms with Crippen LogP contribution in [-0.2, 0) is 16.6 Å². The van der Waals surface area contributed by atoms with Crippen molar-refractivity contribution in [1.82, 2.24) is 0 Å². The fourth-order valence-corrected chi connectivity index (χ4v) is 2.10. The first-order chi connectivity index (χ1) is 6.53. The lowest BCUT2D eigenvalue weighted by atomic mass is 9.72. The van der Waals surface area contributed by atoms with E-state index in [1.807, 2.05) is 19.9 Å². The van der Waals surface area contributed by atoms with E-state index in [4.69, 9.17) is 0 Å². The van der Waals surface area contributed by atoms with Crippen LogP contribution in [-0.4, -0.2) is 5.78 Å². The molecule has 0 radical (unpaired) electrons. The van der Waals surface area contributed by atoms with Crippen LogP contribution in [0.15, 0.2) is 18.2 Å². The Morgan fingerprint density at radius 2 is 2.00 bits per heavy atom. The van der Waals surface area contributed by atoms with E-state index in [0.29, 0.717) is 12.8 Å². The number of benzene rings is 1. The van der Waals surface area contributed by atoms with Gasteiger partial charge in [-0.15, -0.1) is 0 Å². The van der Waals surface area contributed by atoms with Crippen molar-refractivity contribution in [2.24, 2.45) is 0 Å². The standard InChI is InChI=1S/C12H13FO/c1-12(2)9-4-3-5-10(13)8(9)6-7-11(12)14/h3-5H,6-7H2,1-2H3. The summed E-state index contributed by atoms with van der Waals surface area (Å²) in [6, 6.07) is 4.99. The van der Waals surface area contributed by atoms with Gasteiger partial charge in [0.2, 0.25) is 0 Å². The first-order valence-electron chi connectivity index (χ1n) is 4.84. The van der Waals surface area contributed by atoms with Crippen LogP contribution >= 0.6 is 0 Å². The van der Waals surface area contributed by atoms with Crippen LogP contribution in [0.2, 0.25) is 0 Å². The minimum Gasteiger partial charge on any atom is -0.299 e. The molecular weight excluding hydrogens is 179 g/mol. The number of ketones is 1. The van der Waals surface area contributed by atoms with Gasteiger partial charge in [0, 0.05) is 11.8 Å². The number of carbonyl (C=O) groups excluding carboxylic acids is 1. The molecule has 0 N–H and O–H groups in total. The third kappa shape index (κ3) is 1.17. The minimum absolute atomic E-state index is 0.178. The van der Waals surface area contributed by atoms with Gasteiger partial charge >= 0.3 is 0 Å². The van der Waals surface area contributed by atoms with E-state index in [-0.39, 0.29) is 11.6 Å². The van der Waals surface area contributed by atoms with Gasteiger partial charge in [-0.3, -0.25) is 4.79 Å². The molecule has 74 valence electrons. The van der Waals surface area contributed by atoms with E-state index >= 15 is 0 Å². The molecule has 0 amide bonds. The van der Waals surface area contributed by atoms with Gasteiger partial charge in [-0.2, -0.15) is 0 Å². The van der Waals surface area contributed by atoms with Crippen molar-refractivity contribution in [3.63, 3.8) is 0 Å². The molecule has 0 saturated heterocycles. The molecule has 1 aromatic carbocycles. The minimum atomic E-state index is -0.518. The summed E-state index contributed by atoms with van der Waals surface area (Å²) in [4.78, 5) is 11.7. The molecule has 0 atom stereocenters. The highest BCUT2D eigenvalue weighted by molar-refractivity contribution is 5.91. The highest BCUT2D eigenvalue weighted by Crippen LogP contribution is 2.35. The molecule has 0 spiro atoms. The Bertz CT molecular complexity index is 393. The molecule has 1 aliphatic rings. The summed E-state index contributed by atoms with van der Waals surface area (Å²) < 4.78 is 13.4. The third-order valence-corrected chi connectivity index (χ3v) is 3.09. The molecule has 14 heavy (non-hydrogen) atoms.